The average molecular weight is 371 g/mol. The minimum Gasteiger partial charge on any atom is -0.386 e. The second kappa shape index (κ2) is 6.59. The van der Waals surface area contributed by atoms with Gasteiger partial charge in [-0.2, -0.15) is 10.5 Å². The van der Waals surface area contributed by atoms with Crippen molar-refractivity contribution in [3.05, 3.63) is 35.9 Å². The molecule has 6 heteroatoms. The highest BCUT2D eigenvalue weighted by atomic mass is 32.2. The van der Waals surface area contributed by atoms with Gasteiger partial charge in [-0.05, 0) is 29.9 Å². The molecule has 1 fully saturated rings. The van der Waals surface area contributed by atoms with Crippen molar-refractivity contribution in [2.75, 3.05) is 11.5 Å². The Morgan fingerprint density at radius 3 is 2.16 bits per heavy atom. The molecule has 1 aliphatic heterocycles. The van der Waals surface area contributed by atoms with E-state index in [2.05, 4.69) is 26.0 Å². The monoisotopic (exact) mass is 370 g/mol. The quantitative estimate of drug-likeness (QED) is 0.730. The Hall–Kier alpha value is -1.63. The lowest BCUT2D eigenvalue weighted by Gasteiger charge is -2.32. The van der Waals surface area contributed by atoms with Gasteiger partial charge in [-0.15, -0.1) is 23.5 Å². The summed E-state index contributed by atoms with van der Waals surface area (Å²) in [5, 5.41) is 20.4. The van der Waals surface area contributed by atoms with E-state index in [1.165, 1.54) is 0 Å². The van der Waals surface area contributed by atoms with Crippen LogP contribution in [0.2, 0.25) is 0 Å². The summed E-state index contributed by atoms with van der Waals surface area (Å²) in [6, 6.07) is 14.8. The summed E-state index contributed by atoms with van der Waals surface area (Å²) in [6.45, 7) is 4.23. The Bertz CT molecular complexity index is 756. The first kappa shape index (κ1) is 18.2. The molecule has 3 atom stereocenters. The van der Waals surface area contributed by atoms with Crippen LogP contribution in [0, 0.1) is 33.5 Å². The first-order chi connectivity index (χ1) is 12.1. The van der Waals surface area contributed by atoms with Crippen molar-refractivity contribution >= 4 is 29.4 Å². The number of rotatable bonds is 7. The van der Waals surface area contributed by atoms with Crippen molar-refractivity contribution in [1.82, 2.24) is 0 Å². The van der Waals surface area contributed by atoms with Crippen LogP contribution in [0.15, 0.2) is 35.3 Å². The number of amidine groups is 1. The summed E-state index contributed by atoms with van der Waals surface area (Å²) in [5.41, 5.74) is 5.41. The van der Waals surface area contributed by atoms with Crippen molar-refractivity contribution in [3.63, 3.8) is 0 Å². The number of hydrogen-bond donors (Lipinski definition) is 1. The summed E-state index contributed by atoms with van der Waals surface area (Å²) in [5.74, 6) is 1.89. The number of nitrogens with two attached hydrogens (primary N) is 1. The van der Waals surface area contributed by atoms with Crippen LogP contribution in [-0.4, -0.2) is 21.5 Å². The van der Waals surface area contributed by atoms with Crippen LogP contribution >= 0.6 is 23.5 Å². The van der Waals surface area contributed by atoms with E-state index in [0.29, 0.717) is 5.84 Å². The number of nitrogens with zero attached hydrogens (tertiary/aromatic N) is 3. The minimum absolute atomic E-state index is 0.220. The van der Waals surface area contributed by atoms with Gasteiger partial charge in [-0.3, -0.25) is 0 Å². The number of fused-ring (bicyclic) bond motifs is 1. The fourth-order valence-electron chi connectivity index (χ4n) is 3.98. The zero-order valence-corrected chi connectivity index (χ0v) is 16.2. The van der Waals surface area contributed by atoms with Crippen LogP contribution in [0.5, 0.6) is 0 Å². The summed E-state index contributed by atoms with van der Waals surface area (Å²) >= 11 is 3.37. The molecule has 3 unspecified atom stereocenters. The predicted octanol–water partition coefficient (Wildman–Crippen LogP) is 4.11. The van der Waals surface area contributed by atoms with Gasteiger partial charge in [-0.25, -0.2) is 4.99 Å². The molecule has 0 spiro atoms. The number of hydrogen-bond acceptors (Lipinski definition) is 6. The van der Waals surface area contributed by atoms with Gasteiger partial charge >= 0.3 is 0 Å². The van der Waals surface area contributed by atoms with Gasteiger partial charge < -0.3 is 5.73 Å². The third kappa shape index (κ3) is 2.17. The maximum Gasteiger partial charge on any atom is 0.175 e. The number of nitriles is 2. The first-order valence-electron chi connectivity index (χ1n) is 8.61. The zero-order chi connectivity index (χ0) is 18.1. The number of thioether (sulfide) groups is 2. The summed E-state index contributed by atoms with van der Waals surface area (Å²) in [4.78, 5) is 4.76. The second-order valence-corrected chi connectivity index (χ2v) is 9.29. The van der Waals surface area contributed by atoms with E-state index in [9.17, 15) is 10.5 Å². The van der Waals surface area contributed by atoms with Crippen molar-refractivity contribution in [3.8, 4) is 12.1 Å². The molecule has 0 bridgehead atoms. The van der Waals surface area contributed by atoms with E-state index in [-0.39, 0.29) is 5.92 Å². The van der Waals surface area contributed by atoms with Gasteiger partial charge in [0.05, 0.1) is 12.1 Å². The Kier molecular flexibility index (Phi) is 4.79. The Labute approximate surface area is 157 Å². The predicted molar refractivity (Wildman–Crippen MR) is 105 cm³/mol. The van der Waals surface area contributed by atoms with Crippen molar-refractivity contribution in [2.45, 2.75) is 36.8 Å². The van der Waals surface area contributed by atoms with Gasteiger partial charge in [0.15, 0.2) is 4.20 Å². The largest absolute Gasteiger partial charge is 0.386 e. The normalized spacial score (nSPS) is 31.5. The maximum absolute atomic E-state index is 10.3. The van der Waals surface area contributed by atoms with E-state index < -0.39 is 15.0 Å². The molecule has 2 aliphatic rings. The SMILES string of the molecule is CCCSC1(SCCC)N=C(N)C2(C#N)C(c3ccccc3)C12C#N. The van der Waals surface area contributed by atoms with Crippen molar-refractivity contribution < 1.29 is 0 Å². The van der Waals surface area contributed by atoms with Gasteiger partial charge in [0, 0.05) is 5.92 Å². The second-order valence-electron chi connectivity index (χ2n) is 6.46. The summed E-state index contributed by atoms with van der Waals surface area (Å²) < 4.78 is -0.700. The fraction of sp³-hybridized carbons (Fsp3) is 0.526. The highest BCUT2D eigenvalue weighted by molar-refractivity contribution is 8.18. The summed E-state index contributed by atoms with van der Waals surface area (Å²) in [6.07, 6.45) is 1.98. The molecule has 0 radical (unpaired) electrons. The molecule has 0 saturated heterocycles. The fourth-order valence-corrected chi connectivity index (χ4v) is 7.21. The van der Waals surface area contributed by atoms with Crippen LogP contribution in [0.1, 0.15) is 38.2 Å². The van der Waals surface area contributed by atoms with Gasteiger partial charge in [0.25, 0.3) is 0 Å². The van der Waals surface area contributed by atoms with Crippen LogP contribution in [0.4, 0.5) is 0 Å². The number of aliphatic imine (C=N–C) groups is 1. The van der Waals surface area contributed by atoms with E-state index in [1.54, 1.807) is 23.5 Å². The summed E-state index contributed by atoms with van der Waals surface area (Å²) in [7, 11) is 0. The third-order valence-electron chi connectivity index (χ3n) is 5.06. The molecule has 25 heavy (non-hydrogen) atoms. The molecular formula is C19H22N4S2. The molecule has 4 nitrogen and oxygen atoms in total. The topological polar surface area (TPSA) is 86.0 Å². The van der Waals surface area contributed by atoms with Crippen LogP contribution in [-0.2, 0) is 0 Å². The minimum atomic E-state index is -1.01. The molecule has 1 aromatic rings. The lowest BCUT2D eigenvalue weighted by Crippen LogP contribution is -2.32. The van der Waals surface area contributed by atoms with Crippen LogP contribution in [0.25, 0.3) is 0 Å². The average Bonchev–Trinajstić information content (AvgIpc) is 3.23. The van der Waals surface area contributed by atoms with Crippen LogP contribution in [0.3, 0.4) is 0 Å². The van der Waals surface area contributed by atoms with E-state index >= 15 is 0 Å². The van der Waals surface area contributed by atoms with Crippen molar-refractivity contribution in [1.29, 1.82) is 10.5 Å². The molecule has 0 amide bonds. The van der Waals surface area contributed by atoms with E-state index in [0.717, 1.165) is 29.9 Å². The lowest BCUT2D eigenvalue weighted by atomic mass is 9.97. The Morgan fingerprint density at radius 2 is 1.68 bits per heavy atom. The van der Waals surface area contributed by atoms with Gasteiger partial charge in [0.1, 0.15) is 16.7 Å². The van der Waals surface area contributed by atoms with Gasteiger partial charge in [-0.1, -0.05) is 44.2 Å². The lowest BCUT2D eigenvalue weighted by molar-refractivity contribution is 0.563. The van der Waals surface area contributed by atoms with Crippen LogP contribution < -0.4 is 5.73 Å². The first-order valence-corrected chi connectivity index (χ1v) is 10.6. The molecule has 1 aliphatic carbocycles. The smallest absolute Gasteiger partial charge is 0.175 e. The van der Waals surface area contributed by atoms with E-state index in [1.807, 2.05) is 30.3 Å². The zero-order valence-electron chi connectivity index (χ0n) is 14.5. The third-order valence-corrected chi connectivity index (χ3v) is 8.60. The van der Waals surface area contributed by atoms with E-state index in [4.69, 9.17) is 10.7 Å². The molecule has 1 saturated carbocycles. The highest BCUT2D eigenvalue weighted by Gasteiger charge is 2.91. The molecular weight excluding hydrogens is 348 g/mol. The molecule has 1 heterocycles. The Morgan fingerprint density at radius 1 is 1.08 bits per heavy atom. The Balaban J connectivity index is 2.16. The highest BCUT2D eigenvalue weighted by Crippen LogP contribution is 2.85. The van der Waals surface area contributed by atoms with Crippen molar-refractivity contribution in [2.24, 2.45) is 21.6 Å². The molecule has 0 aromatic heterocycles. The molecule has 1 aromatic carbocycles. The standard InChI is InChI=1S/C19H22N4S2/c1-3-10-24-19(25-11-4-2)18(13-21)15(14-8-6-5-7-9-14)17(18,12-20)16(22)23-19/h5-9,15H,3-4,10-11H2,1-2H3,(H2,22,23). The number of benzene rings is 1. The molecule has 130 valence electrons. The molecule has 2 N–H and O–H groups in total. The van der Waals surface area contributed by atoms with Gasteiger partial charge in [0.2, 0.25) is 0 Å². The maximum atomic E-state index is 10.3. The molecule has 3 rings (SSSR count).